The van der Waals surface area contributed by atoms with E-state index in [-0.39, 0.29) is 29.9 Å². The average Bonchev–Trinajstić information content (AvgIpc) is 2.98. The number of hydrogen-bond acceptors (Lipinski definition) is 6. The molecule has 5 atom stereocenters. The highest BCUT2D eigenvalue weighted by molar-refractivity contribution is 7.90. The summed E-state index contributed by atoms with van der Waals surface area (Å²) in [5, 5.41) is 11.3. The minimum absolute atomic E-state index is 0.115. The molecule has 232 valence electrons. The monoisotopic (exact) mass is 626 g/mol. The summed E-state index contributed by atoms with van der Waals surface area (Å²) in [6, 6.07) is 5.00. The second-order valence-corrected chi connectivity index (χ2v) is 14.5. The van der Waals surface area contributed by atoms with Crippen molar-refractivity contribution in [1.82, 2.24) is 4.72 Å². The number of aliphatic hydroxyl groups is 1. The SMILES string of the molecule is C#C[C@@]1(O)/C=C/C[C@H](C)[C@@H](C)S(=O)(=O)NC(=O)c2ccc3c(c2)N(CCCC/C(=C/C(Cl)=C\C)C(=C)CO3)C[C@@H]2CC[C@H]21. The van der Waals surface area contributed by atoms with E-state index < -0.39 is 26.8 Å². The molecule has 0 aromatic heterocycles. The van der Waals surface area contributed by atoms with Gasteiger partial charge < -0.3 is 14.7 Å². The number of rotatable bonds is 1. The van der Waals surface area contributed by atoms with Crippen LogP contribution in [-0.2, 0) is 10.0 Å². The van der Waals surface area contributed by atoms with Gasteiger partial charge in [-0.25, -0.2) is 13.1 Å². The van der Waals surface area contributed by atoms with Crippen molar-refractivity contribution in [2.75, 3.05) is 24.6 Å². The number of halogens is 1. The van der Waals surface area contributed by atoms with E-state index in [0.717, 1.165) is 43.3 Å². The van der Waals surface area contributed by atoms with Gasteiger partial charge in [-0.3, -0.25) is 4.79 Å². The molecule has 0 radical (unpaired) electrons. The molecule has 3 aliphatic rings. The lowest BCUT2D eigenvalue weighted by Gasteiger charge is -2.46. The Morgan fingerprint density at radius 3 is 2.74 bits per heavy atom. The van der Waals surface area contributed by atoms with Crippen molar-refractivity contribution in [3.05, 3.63) is 70.8 Å². The lowest BCUT2D eigenvalue weighted by atomic mass is 9.64. The van der Waals surface area contributed by atoms with E-state index in [9.17, 15) is 18.3 Å². The molecule has 0 spiro atoms. The molecule has 1 amide bonds. The van der Waals surface area contributed by atoms with Crippen molar-refractivity contribution >= 4 is 33.2 Å². The summed E-state index contributed by atoms with van der Waals surface area (Å²) in [5.41, 5.74) is 1.32. The summed E-state index contributed by atoms with van der Waals surface area (Å²) in [4.78, 5) is 15.5. The van der Waals surface area contributed by atoms with Gasteiger partial charge in [0.2, 0.25) is 10.0 Å². The topological polar surface area (TPSA) is 95.9 Å². The summed E-state index contributed by atoms with van der Waals surface area (Å²) in [6.07, 6.45) is 17.7. The summed E-state index contributed by atoms with van der Waals surface area (Å²) in [6.45, 7) is 11.0. The lowest BCUT2D eigenvalue weighted by molar-refractivity contribution is -0.00280. The van der Waals surface area contributed by atoms with Gasteiger partial charge in [0.1, 0.15) is 18.0 Å². The number of amides is 1. The third-order valence-electron chi connectivity index (χ3n) is 9.20. The van der Waals surface area contributed by atoms with E-state index in [1.807, 2.05) is 19.1 Å². The molecule has 9 heteroatoms. The molecule has 0 unspecified atom stereocenters. The van der Waals surface area contributed by atoms with Crippen LogP contribution in [0.25, 0.3) is 0 Å². The molecule has 1 aromatic rings. The van der Waals surface area contributed by atoms with E-state index in [1.165, 1.54) is 0 Å². The van der Waals surface area contributed by atoms with Crippen LogP contribution in [0.15, 0.2) is 65.3 Å². The van der Waals surface area contributed by atoms with Crippen molar-refractivity contribution in [3.8, 4) is 18.1 Å². The maximum atomic E-state index is 13.3. The van der Waals surface area contributed by atoms with Gasteiger partial charge in [0.25, 0.3) is 5.91 Å². The number of hydrogen-bond donors (Lipinski definition) is 2. The summed E-state index contributed by atoms with van der Waals surface area (Å²) in [7, 11) is -3.98. The number of ether oxygens (including phenoxy) is 1. The highest BCUT2D eigenvalue weighted by Crippen LogP contribution is 2.44. The predicted molar refractivity (Wildman–Crippen MR) is 174 cm³/mol. The van der Waals surface area contributed by atoms with Crippen LogP contribution in [0.5, 0.6) is 5.75 Å². The molecule has 4 rings (SSSR count). The van der Waals surface area contributed by atoms with Crippen molar-refractivity contribution in [3.63, 3.8) is 0 Å². The zero-order chi connectivity index (χ0) is 31.4. The molecule has 2 bridgehead atoms. The van der Waals surface area contributed by atoms with E-state index >= 15 is 0 Å². The van der Waals surface area contributed by atoms with Crippen molar-refractivity contribution in [1.29, 1.82) is 0 Å². The molecule has 1 aromatic carbocycles. The molecule has 2 aliphatic heterocycles. The first-order chi connectivity index (χ1) is 20.4. The van der Waals surface area contributed by atoms with Crippen LogP contribution in [0.4, 0.5) is 5.69 Å². The van der Waals surface area contributed by atoms with Crippen molar-refractivity contribution < 1.29 is 23.1 Å². The first kappa shape index (κ1) is 32.9. The summed E-state index contributed by atoms with van der Waals surface area (Å²) in [5.74, 6) is 2.15. The van der Waals surface area contributed by atoms with E-state index in [4.69, 9.17) is 22.8 Å². The van der Waals surface area contributed by atoms with E-state index in [1.54, 1.807) is 44.2 Å². The van der Waals surface area contributed by atoms with Gasteiger partial charge in [-0.05, 0) is 106 Å². The smallest absolute Gasteiger partial charge is 0.264 e. The number of carbonyl (C=O) groups excluding carboxylic acids is 1. The Bertz CT molecular complexity index is 1470. The normalized spacial score (nSPS) is 32.2. The Kier molecular flexibility index (Phi) is 10.5. The van der Waals surface area contributed by atoms with Crippen molar-refractivity contribution in [2.24, 2.45) is 17.8 Å². The molecule has 2 heterocycles. The fourth-order valence-corrected chi connectivity index (χ4v) is 7.40. The molecule has 1 saturated carbocycles. The maximum Gasteiger partial charge on any atom is 0.264 e. The lowest BCUT2D eigenvalue weighted by Crippen LogP contribution is -2.49. The van der Waals surface area contributed by atoms with Gasteiger partial charge in [0, 0.05) is 29.6 Å². The number of fused-ring (bicyclic) bond motifs is 2. The Morgan fingerprint density at radius 1 is 1.30 bits per heavy atom. The van der Waals surface area contributed by atoms with Crippen LogP contribution in [-0.4, -0.2) is 50.0 Å². The van der Waals surface area contributed by atoms with Crippen LogP contribution in [0.1, 0.15) is 69.7 Å². The summed E-state index contributed by atoms with van der Waals surface area (Å²) < 4.78 is 34.9. The van der Waals surface area contributed by atoms with Gasteiger partial charge in [0.15, 0.2) is 0 Å². The number of sulfonamides is 1. The first-order valence-electron chi connectivity index (χ1n) is 15.0. The zero-order valence-electron chi connectivity index (χ0n) is 25.3. The minimum atomic E-state index is -3.98. The van der Waals surface area contributed by atoms with Crippen LogP contribution >= 0.6 is 11.6 Å². The van der Waals surface area contributed by atoms with Gasteiger partial charge in [-0.1, -0.05) is 43.2 Å². The third kappa shape index (κ3) is 7.57. The Hall–Kier alpha value is -2.99. The number of nitrogens with zero attached hydrogens (tertiary/aromatic N) is 1. The molecular formula is C34H43ClN2O5S. The highest BCUT2D eigenvalue weighted by Gasteiger charge is 2.45. The minimum Gasteiger partial charge on any atom is -0.487 e. The molecular weight excluding hydrogens is 584 g/mol. The second kappa shape index (κ2) is 13.8. The van der Waals surface area contributed by atoms with Gasteiger partial charge in [-0.15, -0.1) is 6.42 Å². The number of allylic oxidation sites excluding steroid dienone is 4. The van der Waals surface area contributed by atoms with E-state index in [2.05, 4.69) is 22.1 Å². The number of terminal acetylenes is 1. The predicted octanol–water partition coefficient (Wildman–Crippen LogP) is 6.12. The average molecular weight is 627 g/mol. The zero-order valence-corrected chi connectivity index (χ0v) is 26.9. The van der Waals surface area contributed by atoms with Crippen molar-refractivity contribution in [2.45, 2.75) is 70.1 Å². The van der Waals surface area contributed by atoms with Crippen LogP contribution in [0.3, 0.4) is 0 Å². The first-order valence-corrected chi connectivity index (χ1v) is 17.0. The molecule has 0 saturated heterocycles. The number of benzene rings is 1. The second-order valence-electron chi connectivity index (χ2n) is 12.0. The van der Waals surface area contributed by atoms with Crippen LogP contribution < -0.4 is 14.4 Å². The molecule has 2 N–H and O–H groups in total. The third-order valence-corrected chi connectivity index (χ3v) is 11.4. The Labute approximate surface area is 261 Å². The standard InChI is InChI=1S/C34H43ClN2O5S/c1-6-29(35)19-26-12-8-9-18-37-21-28-13-15-30(28)34(39,7-2)17-10-11-23(3)25(5)43(40,41)36-33(38)27-14-16-32(31(37)20-27)42-22-24(26)4/h2,6,10,14,16-17,19-20,23,25,28,30,39H,4,8-9,11-13,15,18,21-22H2,1,3,5H3,(H,36,38)/b17-10+,26-19-,29-6+/t23-,25+,28-,30+,34+/m0/s1. The molecule has 1 aliphatic carbocycles. The Balaban J connectivity index is 1.78. The van der Waals surface area contributed by atoms with Gasteiger partial charge in [-0.2, -0.15) is 0 Å². The number of nitrogens with one attached hydrogen (secondary N) is 1. The molecule has 43 heavy (non-hydrogen) atoms. The van der Waals surface area contributed by atoms with Gasteiger partial charge in [0.05, 0.1) is 10.9 Å². The van der Waals surface area contributed by atoms with Crippen LogP contribution in [0, 0.1) is 30.1 Å². The number of carbonyl (C=O) groups is 1. The summed E-state index contributed by atoms with van der Waals surface area (Å²) >= 11 is 6.33. The van der Waals surface area contributed by atoms with Gasteiger partial charge >= 0.3 is 0 Å². The maximum absolute atomic E-state index is 13.3. The highest BCUT2D eigenvalue weighted by atomic mass is 35.5. The van der Waals surface area contributed by atoms with E-state index in [0.29, 0.717) is 36.0 Å². The quantitative estimate of drug-likeness (QED) is 0.288. The molecule has 1 fully saturated rings. The fraction of sp³-hybridized carbons (Fsp3) is 0.500. The Morgan fingerprint density at radius 2 is 2.07 bits per heavy atom. The largest absolute Gasteiger partial charge is 0.487 e. The number of anilines is 1. The molecule has 7 nitrogen and oxygen atoms in total. The fourth-order valence-electron chi connectivity index (χ4n) is 5.98. The van der Waals surface area contributed by atoms with Crippen LogP contribution in [0.2, 0.25) is 0 Å².